The summed E-state index contributed by atoms with van der Waals surface area (Å²) in [5.74, 6) is 0.794. The lowest BCUT2D eigenvalue weighted by Gasteiger charge is -2.01. The Bertz CT molecular complexity index is 470. The Morgan fingerprint density at radius 1 is 1.44 bits per heavy atom. The van der Waals surface area contributed by atoms with Crippen molar-refractivity contribution in [2.45, 2.75) is 17.3 Å². The van der Waals surface area contributed by atoms with Crippen molar-refractivity contribution in [1.29, 1.82) is 0 Å². The van der Waals surface area contributed by atoms with E-state index in [0.717, 1.165) is 21.9 Å². The molecule has 1 aromatic heterocycles. The third-order valence-corrected chi connectivity index (χ3v) is 3.15. The maximum absolute atomic E-state index is 9.02. The molecular formula is C11H13N3OS. The van der Waals surface area contributed by atoms with Crippen LogP contribution in [0, 0.1) is 0 Å². The summed E-state index contributed by atoms with van der Waals surface area (Å²) in [5, 5.41) is 16.9. The smallest absolute Gasteiger partial charge is 0.0929 e. The summed E-state index contributed by atoms with van der Waals surface area (Å²) >= 11 is 1.69. The molecule has 0 aliphatic carbocycles. The third kappa shape index (κ3) is 2.84. The van der Waals surface area contributed by atoms with Gasteiger partial charge < -0.3 is 5.11 Å². The first-order valence-corrected chi connectivity index (χ1v) is 5.94. The molecule has 0 fully saturated rings. The second-order valence-electron chi connectivity index (χ2n) is 3.48. The van der Waals surface area contributed by atoms with E-state index in [-0.39, 0.29) is 6.61 Å². The van der Waals surface area contributed by atoms with Crippen LogP contribution in [0.4, 0.5) is 0 Å². The number of thioether (sulfide) groups is 1. The van der Waals surface area contributed by atoms with Crippen LogP contribution in [0.3, 0.4) is 0 Å². The minimum absolute atomic E-state index is 0.0829. The average Bonchev–Trinajstić information content (AvgIpc) is 2.73. The predicted molar refractivity (Wildman–Crippen MR) is 62.9 cm³/mol. The molecule has 0 aliphatic rings. The number of hydrogen-bond donors (Lipinski definition) is 1. The van der Waals surface area contributed by atoms with Crippen LogP contribution in [-0.2, 0) is 19.4 Å². The van der Waals surface area contributed by atoms with Crippen molar-refractivity contribution >= 4 is 11.8 Å². The molecule has 0 atom stereocenters. The Morgan fingerprint density at radius 2 is 2.31 bits per heavy atom. The first-order valence-electron chi connectivity index (χ1n) is 4.96. The zero-order valence-electron chi connectivity index (χ0n) is 9.00. The highest BCUT2D eigenvalue weighted by Crippen LogP contribution is 2.22. The van der Waals surface area contributed by atoms with Crippen molar-refractivity contribution in [1.82, 2.24) is 15.0 Å². The van der Waals surface area contributed by atoms with Crippen LogP contribution in [-0.4, -0.2) is 20.1 Å². The Balaban J connectivity index is 1.99. The van der Waals surface area contributed by atoms with Crippen LogP contribution >= 0.6 is 11.8 Å². The van der Waals surface area contributed by atoms with Gasteiger partial charge in [0.25, 0.3) is 0 Å². The van der Waals surface area contributed by atoms with E-state index >= 15 is 0 Å². The van der Waals surface area contributed by atoms with E-state index in [2.05, 4.69) is 10.3 Å². The van der Waals surface area contributed by atoms with Crippen LogP contribution in [0.15, 0.2) is 35.4 Å². The van der Waals surface area contributed by atoms with E-state index < -0.39 is 0 Å². The average molecular weight is 235 g/mol. The molecule has 0 bridgehead atoms. The summed E-state index contributed by atoms with van der Waals surface area (Å²) in [5.41, 5.74) is 1.89. The Kier molecular flexibility index (Phi) is 3.58. The molecule has 2 rings (SSSR count). The molecule has 0 aliphatic heterocycles. The first-order chi connectivity index (χ1) is 7.78. The quantitative estimate of drug-likeness (QED) is 0.818. The van der Waals surface area contributed by atoms with E-state index in [1.165, 1.54) is 0 Å². The number of nitrogens with zero attached hydrogens (tertiary/aromatic N) is 3. The van der Waals surface area contributed by atoms with E-state index in [4.69, 9.17) is 5.11 Å². The van der Waals surface area contributed by atoms with Gasteiger partial charge in [0.15, 0.2) is 0 Å². The second kappa shape index (κ2) is 5.14. The molecule has 2 aromatic rings. The molecule has 5 heteroatoms. The Morgan fingerprint density at radius 3 is 3.00 bits per heavy atom. The van der Waals surface area contributed by atoms with Crippen molar-refractivity contribution < 1.29 is 5.11 Å². The number of aliphatic hydroxyl groups is 1. The number of aryl methyl sites for hydroxylation is 1. The molecule has 0 saturated heterocycles. The van der Waals surface area contributed by atoms with Gasteiger partial charge >= 0.3 is 0 Å². The largest absolute Gasteiger partial charge is 0.392 e. The first kappa shape index (κ1) is 11.2. The minimum Gasteiger partial charge on any atom is -0.392 e. The molecule has 16 heavy (non-hydrogen) atoms. The Labute approximate surface area is 98.3 Å². The maximum Gasteiger partial charge on any atom is 0.0929 e. The topological polar surface area (TPSA) is 50.9 Å². The van der Waals surface area contributed by atoms with Crippen molar-refractivity contribution in [3.8, 4) is 0 Å². The van der Waals surface area contributed by atoms with Crippen LogP contribution in [0.1, 0.15) is 11.3 Å². The molecule has 0 saturated carbocycles. The highest BCUT2D eigenvalue weighted by atomic mass is 32.2. The van der Waals surface area contributed by atoms with Gasteiger partial charge in [0.2, 0.25) is 0 Å². The van der Waals surface area contributed by atoms with Gasteiger partial charge in [-0.1, -0.05) is 17.3 Å². The summed E-state index contributed by atoms with van der Waals surface area (Å²) < 4.78 is 1.69. The summed E-state index contributed by atoms with van der Waals surface area (Å²) in [6.07, 6.45) is 1.91. The minimum atomic E-state index is 0.0829. The number of aromatic nitrogens is 3. The number of rotatable bonds is 4. The summed E-state index contributed by atoms with van der Waals surface area (Å²) in [6.45, 7) is 0.0829. The second-order valence-corrected chi connectivity index (χ2v) is 4.53. The van der Waals surface area contributed by atoms with Crippen molar-refractivity contribution in [2.24, 2.45) is 7.05 Å². The van der Waals surface area contributed by atoms with Crippen LogP contribution in [0.25, 0.3) is 0 Å². The molecule has 4 nitrogen and oxygen atoms in total. The standard InChI is InChI=1S/C11H13N3OS/c1-14-6-10(12-13-14)8-16-11-4-2-3-9(5-11)7-15/h2-6,15H,7-8H2,1H3. The molecular weight excluding hydrogens is 222 g/mol. The van der Waals surface area contributed by atoms with Gasteiger partial charge in [-0.2, -0.15) is 0 Å². The monoisotopic (exact) mass is 235 g/mol. The van der Waals surface area contributed by atoms with Gasteiger partial charge in [0.05, 0.1) is 12.3 Å². The van der Waals surface area contributed by atoms with Gasteiger partial charge in [-0.05, 0) is 17.7 Å². The van der Waals surface area contributed by atoms with E-state index in [1.807, 2.05) is 37.5 Å². The summed E-state index contributed by atoms with van der Waals surface area (Å²) in [4.78, 5) is 1.14. The number of benzene rings is 1. The van der Waals surface area contributed by atoms with E-state index in [1.54, 1.807) is 16.4 Å². The summed E-state index contributed by atoms with van der Waals surface area (Å²) in [7, 11) is 1.85. The highest BCUT2D eigenvalue weighted by Gasteiger charge is 2.00. The normalized spacial score (nSPS) is 10.6. The summed E-state index contributed by atoms with van der Waals surface area (Å²) in [6, 6.07) is 7.87. The zero-order valence-corrected chi connectivity index (χ0v) is 9.81. The van der Waals surface area contributed by atoms with Gasteiger partial charge in [-0.3, -0.25) is 4.68 Å². The van der Waals surface area contributed by atoms with E-state index in [0.29, 0.717) is 0 Å². The molecule has 84 valence electrons. The van der Waals surface area contributed by atoms with Crippen LogP contribution < -0.4 is 0 Å². The molecule has 0 radical (unpaired) electrons. The third-order valence-electron chi connectivity index (χ3n) is 2.12. The molecule has 1 aromatic carbocycles. The lowest BCUT2D eigenvalue weighted by molar-refractivity contribution is 0.281. The van der Waals surface area contributed by atoms with Crippen molar-refractivity contribution in [2.75, 3.05) is 0 Å². The van der Waals surface area contributed by atoms with Crippen molar-refractivity contribution in [3.05, 3.63) is 41.7 Å². The fourth-order valence-corrected chi connectivity index (χ4v) is 2.21. The van der Waals surface area contributed by atoms with Gasteiger partial charge in [0.1, 0.15) is 0 Å². The molecule has 0 unspecified atom stereocenters. The van der Waals surface area contributed by atoms with Gasteiger partial charge in [0, 0.05) is 23.9 Å². The highest BCUT2D eigenvalue weighted by molar-refractivity contribution is 7.98. The van der Waals surface area contributed by atoms with E-state index in [9.17, 15) is 0 Å². The fraction of sp³-hybridized carbons (Fsp3) is 0.273. The lowest BCUT2D eigenvalue weighted by atomic mass is 10.2. The molecule has 0 amide bonds. The predicted octanol–water partition coefficient (Wildman–Crippen LogP) is 1.60. The zero-order chi connectivity index (χ0) is 11.4. The van der Waals surface area contributed by atoms with Crippen molar-refractivity contribution in [3.63, 3.8) is 0 Å². The molecule has 0 spiro atoms. The maximum atomic E-state index is 9.02. The molecule has 1 heterocycles. The number of aliphatic hydroxyl groups excluding tert-OH is 1. The Hall–Kier alpha value is -1.33. The van der Waals surface area contributed by atoms with Gasteiger partial charge in [-0.25, -0.2) is 0 Å². The van der Waals surface area contributed by atoms with Crippen LogP contribution in [0.2, 0.25) is 0 Å². The SMILES string of the molecule is Cn1cc(CSc2cccc(CO)c2)nn1. The lowest BCUT2D eigenvalue weighted by Crippen LogP contribution is -1.85. The van der Waals surface area contributed by atoms with Gasteiger partial charge in [-0.15, -0.1) is 16.9 Å². The fourth-order valence-electron chi connectivity index (χ4n) is 1.35. The molecule has 1 N–H and O–H groups in total. The number of hydrogen-bond acceptors (Lipinski definition) is 4. The van der Waals surface area contributed by atoms with Crippen LogP contribution in [0.5, 0.6) is 0 Å².